The Kier molecular flexibility index (Phi) is 4.55. The first-order valence-corrected chi connectivity index (χ1v) is 6.56. The molecule has 18 heavy (non-hydrogen) atoms. The van der Waals surface area contributed by atoms with Crippen LogP contribution in [0.3, 0.4) is 0 Å². The highest BCUT2D eigenvalue weighted by Gasteiger charge is 2.19. The average molecular weight is 250 g/mol. The Balaban J connectivity index is 1.88. The third-order valence-electron chi connectivity index (χ3n) is 3.40. The zero-order valence-corrected chi connectivity index (χ0v) is 11.2. The van der Waals surface area contributed by atoms with Crippen LogP contribution >= 0.6 is 0 Å². The van der Waals surface area contributed by atoms with Crippen LogP contribution in [0.5, 0.6) is 5.75 Å². The van der Waals surface area contributed by atoms with Crippen molar-refractivity contribution in [2.24, 2.45) is 5.73 Å². The first-order valence-electron chi connectivity index (χ1n) is 6.56. The van der Waals surface area contributed by atoms with Crippen molar-refractivity contribution in [1.29, 1.82) is 0 Å². The molecule has 0 bridgehead atoms. The summed E-state index contributed by atoms with van der Waals surface area (Å²) >= 11 is 0. The molecule has 0 spiro atoms. The van der Waals surface area contributed by atoms with Crippen LogP contribution in [-0.2, 0) is 11.3 Å². The van der Waals surface area contributed by atoms with Crippen molar-refractivity contribution in [3.8, 4) is 5.75 Å². The fourth-order valence-electron chi connectivity index (χ4n) is 2.35. The fraction of sp³-hybridized carbons (Fsp3) is 0.643. The minimum absolute atomic E-state index is 0.332. The van der Waals surface area contributed by atoms with E-state index in [2.05, 4.69) is 4.98 Å². The van der Waals surface area contributed by atoms with E-state index in [1.807, 2.05) is 19.1 Å². The van der Waals surface area contributed by atoms with Crippen LogP contribution in [-0.4, -0.2) is 24.2 Å². The molecule has 1 aromatic rings. The molecule has 0 amide bonds. The van der Waals surface area contributed by atoms with Gasteiger partial charge in [-0.25, -0.2) is 0 Å². The summed E-state index contributed by atoms with van der Waals surface area (Å²) in [7, 11) is 1.67. The van der Waals surface area contributed by atoms with E-state index >= 15 is 0 Å². The van der Waals surface area contributed by atoms with E-state index in [0.717, 1.165) is 42.8 Å². The molecule has 4 heteroatoms. The molecule has 1 heterocycles. The molecule has 0 atom stereocenters. The van der Waals surface area contributed by atoms with Crippen LogP contribution < -0.4 is 10.5 Å². The van der Waals surface area contributed by atoms with Crippen LogP contribution in [0.4, 0.5) is 0 Å². The lowest BCUT2D eigenvalue weighted by Gasteiger charge is -2.26. The maximum absolute atomic E-state index is 5.90. The van der Waals surface area contributed by atoms with Crippen molar-refractivity contribution in [1.82, 2.24) is 4.98 Å². The number of nitrogens with zero attached hydrogens (tertiary/aromatic N) is 1. The Morgan fingerprint density at radius 1 is 1.28 bits per heavy atom. The number of methoxy groups -OCH3 is 1. The van der Waals surface area contributed by atoms with Gasteiger partial charge in [-0.15, -0.1) is 0 Å². The summed E-state index contributed by atoms with van der Waals surface area (Å²) in [5, 5.41) is 0. The van der Waals surface area contributed by atoms with Gasteiger partial charge in [0.1, 0.15) is 5.75 Å². The van der Waals surface area contributed by atoms with Gasteiger partial charge in [-0.1, -0.05) is 0 Å². The molecule has 0 aromatic carbocycles. The van der Waals surface area contributed by atoms with Gasteiger partial charge in [-0.05, 0) is 32.6 Å². The van der Waals surface area contributed by atoms with Crippen molar-refractivity contribution < 1.29 is 9.47 Å². The summed E-state index contributed by atoms with van der Waals surface area (Å²) < 4.78 is 11.1. The highest BCUT2D eigenvalue weighted by atomic mass is 16.5. The van der Waals surface area contributed by atoms with Gasteiger partial charge in [0, 0.05) is 23.9 Å². The highest BCUT2D eigenvalue weighted by molar-refractivity contribution is 5.26. The molecule has 2 N–H and O–H groups in total. The Labute approximate surface area is 108 Å². The van der Waals surface area contributed by atoms with Gasteiger partial charge in [0.2, 0.25) is 0 Å². The maximum Gasteiger partial charge on any atom is 0.122 e. The van der Waals surface area contributed by atoms with Crippen molar-refractivity contribution in [3.63, 3.8) is 0 Å². The SMILES string of the molecule is COc1cc(C)nc(COC2CCC(N)CC2)c1. The van der Waals surface area contributed by atoms with Crippen LogP contribution in [0.15, 0.2) is 12.1 Å². The number of nitrogens with two attached hydrogens (primary N) is 1. The second-order valence-electron chi connectivity index (χ2n) is 4.99. The molecule has 1 aliphatic rings. The van der Waals surface area contributed by atoms with Crippen LogP contribution in [0, 0.1) is 6.92 Å². The Bertz CT molecular complexity index is 387. The van der Waals surface area contributed by atoms with E-state index in [4.69, 9.17) is 15.2 Å². The lowest BCUT2D eigenvalue weighted by Crippen LogP contribution is -2.30. The number of hydrogen-bond acceptors (Lipinski definition) is 4. The summed E-state index contributed by atoms with van der Waals surface area (Å²) in [5.41, 5.74) is 7.77. The van der Waals surface area contributed by atoms with Crippen LogP contribution in [0.2, 0.25) is 0 Å². The topological polar surface area (TPSA) is 57.4 Å². The molecule has 1 saturated carbocycles. The summed E-state index contributed by atoms with van der Waals surface area (Å²) in [5.74, 6) is 0.840. The van der Waals surface area contributed by atoms with Crippen molar-refractivity contribution >= 4 is 0 Å². The number of ether oxygens (including phenoxy) is 2. The molecule has 0 saturated heterocycles. The monoisotopic (exact) mass is 250 g/mol. The lowest BCUT2D eigenvalue weighted by molar-refractivity contribution is 0.0121. The van der Waals surface area contributed by atoms with E-state index in [9.17, 15) is 0 Å². The van der Waals surface area contributed by atoms with Crippen molar-refractivity contribution in [2.75, 3.05) is 7.11 Å². The third kappa shape index (κ3) is 3.68. The molecular formula is C14H22N2O2. The number of aryl methyl sites for hydroxylation is 1. The Morgan fingerprint density at radius 2 is 2.00 bits per heavy atom. The Morgan fingerprint density at radius 3 is 2.67 bits per heavy atom. The van der Waals surface area contributed by atoms with Gasteiger partial charge in [0.15, 0.2) is 0 Å². The van der Waals surface area contributed by atoms with E-state index in [1.165, 1.54) is 0 Å². The minimum Gasteiger partial charge on any atom is -0.497 e. The number of pyridine rings is 1. The molecule has 100 valence electrons. The Hall–Kier alpha value is -1.13. The minimum atomic E-state index is 0.332. The number of aromatic nitrogens is 1. The third-order valence-corrected chi connectivity index (χ3v) is 3.40. The quantitative estimate of drug-likeness (QED) is 0.890. The van der Waals surface area contributed by atoms with Gasteiger partial charge in [-0.2, -0.15) is 0 Å². The number of hydrogen-bond donors (Lipinski definition) is 1. The van der Waals surface area contributed by atoms with Gasteiger partial charge in [0.05, 0.1) is 25.5 Å². The number of rotatable bonds is 4. The van der Waals surface area contributed by atoms with E-state index in [-0.39, 0.29) is 0 Å². The predicted molar refractivity (Wildman–Crippen MR) is 70.5 cm³/mol. The van der Waals surface area contributed by atoms with Crippen molar-refractivity contribution in [2.45, 2.75) is 51.4 Å². The van der Waals surface area contributed by atoms with Gasteiger partial charge >= 0.3 is 0 Å². The summed E-state index contributed by atoms with van der Waals surface area (Å²) in [4.78, 5) is 4.45. The standard InChI is InChI=1S/C14H22N2O2/c1-10-7-14(17-2)8-12(16-10)9-18-13-5-3-11(15)4-6-13/h7-8,11,13H,3-6,9,15H2,1-2H3. The molecule has 0 radical (unpaired) electrons. The molecule has 1 aliphatic carbocycles. The molecule has 2 rings (SSSR count). The molecular weight excluding hydrogens is 228 g/mol. The lowest BCUT2D eigenvalue weighted by atomic mass is 9.94. The maximum atomic E-state index is 5.90. The fourth-order valence-corrected chi connectivity index (χ4v) is 2.35. The molecule has 1 aromatic heterocycles. The van der Waals surface area contributed by atoms with E-state index in [1.54, 1.807) is 7.11 Å². The van der Waals surface area contributed by atoms with Crippen LogP contribution in [0.1, 0.15) is 37.1 Å². The van der Waals surface area contributed by atoms with Crippen molar-refractivity contribution in [3.05, 3.63) is 23.5 Å². The van der Waals surface area contributed by atoms with Gasteiger partial charge in [-0.3, -0.25) is 4.98 Å². The smallest absolute Gasteiger partial charge is 0.122 e. The summed E-state index contributed by atoms with van der Waals surface area (Å²) in [6.07, 6.45) is 4.58. The zero-order valence-electron chi connectivity index (χ0n) is 11.2. The van der Waals surface area contributed by atoms with Gasteiger partial charge < -0.3 is 15.2 Å². The highest BCUT2D eigenvalue weighted by Crippen LogP contribution is 2.21. The molecule has 4 nitrogen and oxygen atoms in total. The summed E-state index contributed by atoms with van der Waals surface area (Å²) in [6, 6.07) is 4.21. The van der Waals surface area contributed by atoms with Crippen LogP contribution in [0.25, 0.3) is 0 Å². The van der Waals surface area contributed by atoms with E-state index in [0.29, 0.717) is 18.8 Å². The first-order chi connectivity index (χ1) is 8.67. The normalized spacial score (nSPS) is 23.9. The zero-order chi connectivity index (χ0) is 13.0. The largest absolute Gasteiger partial charge is 0.497 e. The average Bonchev–Trinajstić information content (AvgIpc) is 2.37. The van der Waals surface area contributed by atoms with E-state index < -0.39 is 0 Å². The second kappa shape index (κ2) is 6.16. The molecule has 1 fully saturated rings. The second-order valence-corrected chi connectivity index (χ2v) is 4.99. The summed E-state index contributed by atoms with van der Waals surface area (Å²) in [6.45, 7) is 2.52. The molecule has 0 aliphatic heterocycles. The predicted octanol–water partition coefficient (Wildman–Crippen LogP) is 2.19. The molecule has 0 unspecified atom stereocenters. The first kappa shape index (κ1) is 13.3. The van der Waals surface area contributed by atoms with Gasteiger partial charge in [0.25, 0.3) is 0 Å².